The summed E-state index contributed by atoms with van der Waals surface area (Å²) in [5, 5.41) is 3.47. The molecule has 0 aromatic rings. The van der Waals surface area contributed by atoms with Crippen molar-refractivity contribution in [1.82, 2.24) is 10.2 Å². The van der Waals surface area contributed by atoms with Gasteiger partial charge in [0.25, 0.3) is 0 Å². The molecule has 2 rings (SSSR count). The van der Waals surface area contributed by atoms with E-state index in [9.17, 15) is 0 Å². The molecule has 16 heavy (non-hydrogen) atoms. The van der Waals surface area contributed by atoms with Crippen molar-refractivity contribution in [3.05, 3.63) is 0 Å². The van der Waals surface area contributed by atoms with Gasteiger partial charge < -0.3 is 4.74 Å². The molecule has 0 amide bonds. The highest BCUT2D eigenvalue weighted by Crippen LogP contribution is 2.28. The highest BCUT2D eigenvalue weighted by molar-refractivity contribution is 5.85. The summed E-state index contributed by atoms with van der Waals surface area (Å²) in [6.45, 7) is 9.91. The summed E-state index contributed by atoms with van der Waals surface area (Å²) >= 11 is 0. The van der Waals surface area contributed by atoms with Gasteiger partial charge in [0.15, 0.2) is 0 Å². The molecule has 2 aliphatic rings. The maximum atomic E-state index is 5.79. The fourth-order valence-corrected chi connectivity index (χ4v) is 2.98. The van der Waals surface area contributed by atoms with Crippen molar-refractivity contribution in [3.63, 3.8) is 0 Å². The van der Waals surface area contributed by atoms with Crippen molar-refractivity contribution in [1.29, 1.82) is 0 Å². The first-order valence-corrected chi connectivity index (χ1v) is 6.25. The van der Waals surface area contributed by atoms with E-state index >= 15 is 0 Å². The molecule has 2 heterocycles. The summed E-state index contributed by atoms with van der Waals surface area (Å²) in [6.07, 6.45) is 3.81. The monoisotopic (exact) mass is 248 g/mol. The second-order valence-electron chi connectivity index (χ2n) is 5.34. The number of ether oxygens (including phenoxy) is 1. The third-order valence-corrected chi connectivity index (χ3v) is 3.73. The van der Waals surface area contributed by atoms with Crippen LogP contribution in [0.5, 0.6) is 0 Å². The fraction of sp³-hybridized carbons (Fsp3) is 1.00. The van der Waals surface area contributed by atoms with Gasteiger partial charge in [0.1, 0.15) is 5.72 Å². The maximum Gasteiger partial charge on any atom is 0.118 e. The molecular formula is C12H25ClN2O. The number of nitrogens with one attached hydrogen (secondary N) is 1. The molecule has 0 saturated carbocycles. The molecule has 0 spiro atoms. The van der Waals surface area contributed by atoms with Crippen LogP contribution in [-0.4, -0.2) is 42.4 Å². The summed E-state index contributed by atoms with van der Waals surface area (Å²) in [6, 6.07) is 1.38. The molecular weight excluding hydrogens is 224 g/mol. The Morgan fingerprint density at radius 2 is 2.25 bits per heavy atom. The molecule has 4 heteroatoms. The molecule has 2 aliphatic heterocycles. The van der Waals surface area contributed by atoms with E-state index in [1.165, 1.54) is 19.4 Å². The van der Waals surface area contributed by atoms with Crippen LogP contribution in [-0.2, 0) is 4.74 Å². The standard InChI is InChI=1S/C12H24N2O.ClH/c1-10(2)14-7-4-5-11(14)9-12(3)13-6-8-15-12;/h10-11,13H,4-9H2,1-3H3;1H. The van der Waals surface area contributed by atoms with Gasteiger partial charge in [0.05, 0.1) is 6.61 Å². The van der Waals surface area contributed by atoms with E-state index in [4.69, 9.17) is 4.74 Å². The Labute approximate surface area is 105 Å². The minimum absolute atomic E-state index is 0. The quantitative estimate of drug-likeness (QED) is 0.827. The van der Waals surface area contributed by atoms with Gasteiger partial charge in [-0.05, 0) is 40.2 Å². The normalized spacial score (nSPS) is 35.6. The van der Waals surface area contributed by atoms with E-state index in [0.717, 1.165) is 19.6 Å². The molecule has 3 nitrogen and oxygen atoms in total. The highest BCUT2D eigenvalue weighted by Gasteiger charge is 2.36. The SMILES string of the molecule is CC(C)N1CCCC1CC1(C)NCCO1.Cl. The van der Waals surface area contributed by atoms with Gasteiger partial charge in [-0.15, -0.1) is 12.4 Å². The van der Waals surface area contributed by atoms with E-state index in [-0.39, 0.29) is 18.1 Å². The van der Waals surface area contributed by atoms with E-state index < -0.39 is 0 Å². The zero-order valence-electron chi connectivity index (χ0n) is 10.7. The molecule has 0 radical (unpaired) electrons. The van der Waals surface area contributed by atoms with Gasteiger partial charge in [0, 0.05) is 25.0 Å². The first kappa shape index (κ1) is 14.2. The lowest BCUT2D eigenvalue weighted by molar-refractivity contribution is -0.0205. The third-order valence-electron chi connectivity index (χ3n) is 3.73. The lowest BCUT2D eigenvalue weighted by Gasteiger charge is -2.34. The van der Waals surface area contributed by atoms with Gasteiger partial charge in [0.2, 0.25) is 0 Å². The molecule has 2 atom stereocenters. The first-order chi connectivity index (χ1) is 7.11. The van der Waals surface area contributed by atoms with Crippen molar-refractivity contribution in [2.24, 2.45) is 0 Å². The van der Waals surface area contributed by atoms with Crippen molar-refractivity contribution >= 4 is 12.4 Å². The zero-order chi connectivity index (χ0) is 10.9. The smallest absolute Gasteiger partial charge is 0.118 e. The van der Waals surface area contributed by atoms with Crippen LogP contribution in [0.15, 0.2) is 0 Å². The average Bonchev–Trinajstić information content (AvgIpc) is 2.75. The van der Waals surface area contributed by atoms with Crippen molar-refractivity contribution in [3.8, 4) is 0 Å². The molecule has 2 saturated heterocycles. The van der Waals surface area contributed by atoms with Crippen LogP contribution in [0, 0.1) is 0 Å². The van der Waals surface area contributed by atoms with Crippen molar-refractivity contribution in [2.75, 3.05) is 19.7 Å². The van der Waals surface area contributed by atoms with Crippen LogP contribution < -0.4 is 5.32 Å². The average molecular weight is 249 g/mol. The molecule has 2 unspecified atom stereocenters. The van der Waals surface area contributed by atoms with Gasteiger partial charge >= 0.3 is 0 Å². The number of rotatable bonds is 3. The summed E-state index contributed by atoms with van der Waals surface area (Å²) < 4.78 is 5.79. The summed E-state index contributed by atoms with van der Waals surface area (Å²) in [4.78, 5) is 2.62. The predicted molar refractivity (Wildman–Crippen MR) is 69.1 cm³/mol. The van der Waals surface area contributed by atoms with Crippen molar-refractivity contribution < 1.29 is 4.74 Å². The Kier molecular flexibility index (Phi) is 5.05. The number of halogens is 1. The number of nitrogens with zero attached hydrogens (tertiary/aromatic N) is 1. The predicted octanol–water partition coefficient (Wildman–Crippen LogP) is 2.01. The van der Waals surface area contributed by atoms with Crippen LogP contribution in [0.25, 0.3) is 0 Å². The lowest BCUT2D eigenvalue weighted by Crippen LogP contribution is -2.46. The van der Waals surface area contributed by atoms with Crippen LogP contribution in [0.2, 0.25) is 0 Å². The molecule has 0 aliphatic carbocycles. The topological polar surface area (TPSA) is 24.5 Å². The van der Waals surface area contributed by atoms with E-state index in [1.807, 2.05) is 0 Å². The highest BCUT2D eigenvalue weighted by atomic mass is 35.5. The summed E-state index contributed by atoms with van der Waals surface area (Å²) in [5.41, 5.74) is -0.0673. The Bertz CT molecular complexity index is 217. The molecule has 0 aromatic carbocycles. The van der Waals surface area contributed by atoms with Crippen LogP contribution in [0.3, 0.4) is 0 Å². The molecule has 2 fully saturated rings. The number of likely N-dealkylation sites (tertiary alicyclic amines) is 1. The molecule has 0 aromatic heterocycles. The summed E-state index contributed by atoms with van der Waals surface area (Å²) in [5.74, 6) is 0. The minimum atomic E-state index is -0.0673. The fourth-order valence-electron chi connectivity index (χ4n) is 2.98. The zero-order valence-corrected chi connectivity index (χ0v) is 11.5. The maximum absolute atomic E-state index is 5.79. The summed E-state index contributed by atoms with van der Waals surface area (Å²) in [7, 11) is 0. The van der Waals surface area contributed by atoms with Crippen LogP contribution in [0.1, 0.15) is 40.0 Å². The number of hydrogen-bond donors (Lipinski definition) is 1. The molecule has 96 valence electrons. The first-order valence-electron chi connectivity index (χ1n) is 6.25. The van der Waals surface area contributed by atoms with Gasteiger partial charge in [-0.3, -0.25) is 10.2 Å². The van der Waals surface area contributed by atoms with Crippen LogP contribution in [0.4, 0.5) is 0 Å². The Balaban J connectivity index is 0.00000128. The molecule has 0 bridgehead atoms. The Morgan fingerprint density at radius 1 is 1.50 bits per heavy atom. The molecule has 1 N–H and O–H groups in total. The van der Waals surface area contributed by atoms with E-state index in [1.54, 1.807) is 0 Å². The second kappa shape index (κ2) is 5.67. The van der Waals surface area contributed by atoms with Crippen LogP contribution >= 0.6 is 12.4 Å². The van der Waals surface area contributed by atoms with Gasteiger partial charge in [-0.1, -0.05) is 0 Å². The third kappa shape index (κ3) is 3.10. The Morgan fingerprint density at radius 3 is 2.81 bits per heavy atom. The van der Waals surface area contributed by atoms with Gasteiger partial charge in [-0.2, -0.15) is 0 Å². The van der Waals surface area contributed by atoms with E-state index in [2.05, 4.69) is 31.0 Å². The minimum Gasteiger partial charge on any atom is -0.360 e. The Hall–Kier alpha value is 0.170. The second-order valence-corrected chi connectivity index (χ2v) is 5.34. The van der Waals surface area contributed by atoms with Crippen molar-refractivity contribution in [2.45, 2.75) is 57.8 Å². The number of hydrogen-bond acceptors (Lipinski definition) is 3. The van der Waals surface area contributed by atoms with Gasteiger partial charge in [-0.25, -0.2) is 0 Å². The largest absolute Gasteiger partial charge is 0.360 e. The van der Waals surface area contributed by atoms with E-state index in [0.29, 0.717) is 12.1 Å². The lowest BCUT2D eigenvalue weighted by atomic mass is 10.0.